The first-order valence-electron chi connectivity index (χ1n) is 2.85. The van der Waals surface area contributed by atoms with E-state index in [9.17, 15) is 9.59 Å². The second-order valence-corrected chi connectivity index (χ2v) is 2.85. The van der Waals surface area contributed by atoms with Crippen molar-refractivity contribution in [1.82, 2.24) is 4.98 Å². The van der Waals surface area contributed by atoms with Gasteiger partial charge in [0.05, 0.1) is 0 Å². The molecule has 0 saturated heterocycles. The monoisotopic (exact) mass is 187 g/mol. The summed E-state index contributed by atoms with van der Waals surface area (Å²) in [6.07, 6.45) is 0. The quantitative estimate of drug-likeness (QED) is 0.425. The van der Waals surface area contributed by atoms with Crippen LogP contribution in [0.5, 0.6) is 0 Å². The summed E-state index contributed by atoms with van der Waals surface area (Å²) >= 11 is 0.798. The number of carbonyl (C=O) groups is 1. The number of anilines is 1. The first-order chi connectivity index (χ1) is 5.63. The third-order valence-corrected chi connectivity index (χ3v) is 1.92. The average molecular weight is 187 g/mol. The van der Waals surface area contributed by atoms with E-state index in [4.69, 9.17) is 10.9 Å². The highest BCUT2D eigenvalue weighted by Gasteiger charge is 2.06. The van der Waals surface area contributed by atoms with Crippen LogP contribution in [-0.2, 0) is 0 Å². The lowest BCUT2D eigenvalue weighted by Gasteiger charge is -1.96. The van der Waals surface area contributed by atoms with Crippen LogP contribution in [0.3, 0.4) is 0 Å². The number of hydrogen-bond acceptors (Lipinski definition) is 6. The fourth-order valence-corrected chi connectivity index (χ4v) is 1.22. The molecule has 0 saturated carbocycles. The van der Waals surface area contributed by atoms with Crippen LogP contribution in [0, 0.1) is 0 Å². The number of nitrogens with one attached hydrogen (secondary N) is 1. The summed E-state index contributed by atoms with van der Waals surface area (Å²) in [5.74, 6) is 3.78. The predicted octanol–water partition coefficient (Wildman–Crippen LogP) is -0.513. The van der Waals surface area contributed by atoms with Crippen molar-refractivity contribution in [2.45, 2.75) is 0 Å². The second-order valence-electron chi connectivity index (χ2n) is 1.82. The number of carboxylic acids is 1. The van der Waals surface area contributed by atoms with E-state index in [-0.39, 0.29) is 10.0 Å². The molecule has 0 aliphatic heterocycles. The molecule has 0 amide bonds. The summed E-state index contributed by atoms with van der Waals surface area (Å²) in [6.45, 7) is 0. The maximum Gasteiger partial charge on any atom is 0.346 e. The average Bonchev–Trinajstić information content (AvgIpc) is 2.03. The summed E-state index contributed by atoms with van der Waals surface area (Å²) in [6, 6.07) is 0.938. The Labute approximate surface area is 70.6 Å². The Balaban J connectivity index is 3.24. The third kappa shape index (κ3) is 1.77. The van der Waals surface area contributed by atoms with Gasteiger partial charge in [-0.15, -0.1) is 0 Å². The van der Waals surface area contributed by atoms with E-state index >= 15 is 0 Å². The van der Waals surface area contributed by atoms with E-state index in [0.717, 1.165) is 17.4 Å². The summed E-state index contributed by atoms with van der Waals surface area (Å²) < 4.78 is 0. The highest BCUT2D eigenvalue weighted by atomic mass is 32.1. The van der Waals surface area contributed by atoms with Crippen molar-refractivity contribution in [2.24, 2.45) is 5.84 Å². The molecule has 4 N–H and O–H groups in total. The van der Waals surface area contributed by atoms with Crippen molar-refractivity contribution in [3.63, 3.8) is 0 Å². The number of hydrogen-bond donors (Lipinski definition) is 3. The Morgan fingerprint density at radius 2 is 2.42 bits per heavy atom. The molecule has 0 radical (unpaired) electrons. The first-order valence-corrected chi connectivity index (χ1v) is 3.67. The highest BCUT2D eigenvalue weighted by Crippen LogP contribution is 2.11. The maximum absolute atomic E-state index is 10.7. The zero-order valence-electron chi connectivity index (χ0n) is 5.77. The second kappa shape index (κ2) is 3.28. The van der Waals surface area contributed by atoms with Gasteiger partial charge in [0, 0.05) is 6.07 Å². The summed E-state index contributed by atoms with van der Waals surface area (Å²) in [5, 5.41) is 8.59. The molecule has 1 heterocycles. The molecule has 1 aromatic heterocycles. The van der Waals surface area contributed by atoms with E-state index in [2.05, 4.69) is 10.4 Å². The Hall–Kier alpha value is -1.47. The minimum Gasteiger partial charge on any atom is -0.477 e. The van der Waals surface area contributed by atoms with Gasteiger partial charge in [-0.3, -0.25) is 10.2 Å². The highest BCUT2D eigenvalue weighted by molar-refractivity contribution is 7.17. The van der Waals surface area contributed by atoms with Gasteiger partial charge >= 0.3 is 5.97 Å². The Bertz CT molecular complexity index is 361. The molecule has 1 aromatic rings. The van der Waals surface area contributed by atoms with Crippen molar-refractivity contribution in [1.29, 1.82) is 0 Å². The summed E-state index contributed by atoms with van der Waals surface area (Å²) in [5.41, 5.74) is 1.48. The molecule has 0 bridgehead atoms. The number of aromatic carboxylic acids is 1. The van der Waals surface area contributed by atoms with Gasteiger partial charge < -0.3 is 5.11 Å². The van der Waals surface area contributed by atoms with Crippen LogP contribution in [0.4, 0.5) is 5.13 Å². The van der Waals surface area contributed by atoms with Crippen LogP contribution in [0.15, 0.2) is 10.9 Å². The SMILES string of the molecule is NNc1nc(=O)cc(C(=O)O)s1. The molecule has 64 valence electrons. The molecule has 12 heavy (non-hydrogen) atoms. The summed E-state index contributed by atoms with van der Waals surface area (Å²) in [4.78, 5) is 24.4. The topological polar surface area (TPSA) is 105 Å². The first kappa shape index (κ1) is 8.62. The lowest BCUT2D eigenvalue weighted by atomic mass is 10.5. The minimum absolute atomic E-state index is 0.0832. The maximum atomic E-state index is 10.7. The smallest absolute Gasteiger partial charge is 0.346 e. The molecule has 0 aliphatic rings. The van der Waals surface area contributed by atoms with E-state index < -0.39 is 11.5 Å². The van der Waals surface area contributed by atoms with Crippen LogP contribution in [0.2, 0.25) is 0 Å². The Kier molecular flexibility index (Phi) is 2.36. The van der Waals surface area contributed by atoms with Gasteiger partial charge in [0.2, 0.25) is 5.13 Å². The lowest BCUT2D eigenvalue weighted by Crippen LogP contribution is -2.14. The lowest BCUT2D eigenvalue weighted by molar-refractivity contribution is 0.0702. The van der Waals surface area contributed by atoms with Gasteiger partial charge in [0.25, 0.3) is 5.56 Å². The van der Waals surface area contributed by atoms with Crippen molar-refractivity contribution < 1.29 is 9.90 Å². The number of carboxylic acid groups (broad SMARTS) is 1. The van der Waals surface area contributed by atoms with Crippen LogP contribution in [0.25, 0.3) is 0 Å². The molecule has 0 fully saturated rings. The number of rotatable bonds is 2. The number of nitrogens with two attached hydrogens (primary N) is 1. The normalized spacial score (nSPS) is 9.42. The largest absolute Gasteiger partial charge is 0.477 e. The zero-order valence-corrected chi connectivity index (χ0v) is 6.59. The molecular weight excluding hydrogens is 182 g/mol. The van der Waals surface area contributed by atoms with Gasteiger partial charge in [0.15, 0.2) is 0 Å². The molecular formula is C5H5N3O3S. The van der Waals surface area contributed by atoms with Gasteiger partial charge in [-0.05, 0) is 0 Å². The van der Waals surface area contributed by atoms with E-state index in [1.807, 2.05) is 0 Å². The van der Waals surface area contributed by atoms with Crippen LogP contribution in [-0.4, -0.2) is 16.1 Å². The van der Waals surface area contributed by atoms with Gasteiger partial charge in [-0.1, -0.05) is 11.3 Å². The molecule has 7 heteroatoms. The zero-order chi connectivity index (χ0) is 9.14. The fourth-order valence-electron chi connectivity index (χ4n) is 0.568. The van der Waals surface area contributed by atoms with E-state index in [1.165, 1.54) is 0 Å². The number of nitrogen functional groups attached to an aromatic ring is 1. The molecule has 1 rings (SSSR count). The van der Waals surface area contributed by atoms with Gasteiger partial charge in [-0.25, -0.2) is 10.6 Å². The minimum atomic E-state index is -1.17. The third-order valence-electron chi connectivity index (χ3n) is 1.01. The predicted molar refractivity (Wildman–Crippen MR) is 43.2 cm³/mol. The molecule has 0 unspecified atom stereocenters. The summed E-state index contributed by atoms with van der Waals surface area (Å²) in [7, 11) is 0. The Morgan fingerprint density at radius 1 is 1.75 bits per heavy atom. The van der Waals surface area contributed by atoms with Gasteiger partial charge in [0.1, 0.15) is 4.88 Å². The van der Waals surface area contributed by atoms with Crippen molar-refractivity contribution in [2.75, 3.05) is 5.43 Å². The van der Waals surface area contributed by atoms with Crippen LogP contribution < -0.4 is 16.8 Å². The standard InChI is InChI=1S/C5H5N3O3S/c6-8-5-7-3(9)1-2(12-5)4(10)11/h1H,6H2,(H,10,11)(H,7,8,9). The van der Waals surface area contributed by atoms with Crippen molar-refractivity contribution >= 4 is 22.4 Å². The Morgan fingerprint density at radius 3 is 2.92 bits per heavy atom. The van der Waals surface area contributed by atoms with E-state index in [1.54, 1.807) is 0 Å². The number of aromatic nitrogens is 1. The fraction of sp³-hybridized carbons (Fsp3) is 0. The molecule has 0 aliphatic carbocycles. The molecule has 0 spiro atoms. The number of nitrogens with zero attached hydrogens (tertiary/aromatic N) is 1. The van der Waals surface area contributed by atoms with E-state index in [0.29, 0.717) is 0 Å². The van der Waals surface area contributed by atoms with Crippen molar-refractivity contribution in [3.05, 3.63) is 21.3 Å². The number of hydrazine groups is 1. The molecule has 0 atom stereocenters. The van der Waals surface area contributed by atoms with Crippen LogP contribution >= 0.6 is 11.3 Å². The van der Waals surface area contributed by atoms with Gasteiger partial charge in [-0.2, -0.15) is 4.98 Å². The molecule has 0 aromatic carbocycles. The van der Waals surface area contributed by atoms with Crippen molar-refractivity contribution in [3.8, 4) is 0 Å². The molecule has 6 nitrogen and oxygen atoms in total. The van der Waals surface area contributed by atoms with Crippen LogP contribution in [0.1, 0.15) is 9.67 Å².